The van der Waals surface area contributed by atoms with Gasteiger partial charge in [0.1, 0.15) is 11.1 Å². The molecule has 0 aliphatic carbocycles. The zero-order valence-corrected chi connectivity index (χ0v) is 13.9. The molecule has 1 heterocycles. The molecule has 0 fully saturated rings. The quantitative estimate of drug-likeness (QED) is 0.815. The van der Waals surface area contributed by atoms with E-state index >= 15 is 0 Å². The summed E-state index contributed by atoms with van der Waals surface area (Å²) in [7, 11) is 0. The van der Waals surface area contributed by atoms with Crippen LogP contribution in [0, 0.1) is 0 Å². The molecule has 2 aromatic rings. The predicted molar refractivity (Wildman–Crippen MR) is 85.5 cm³/mol. The molecule has 0 aliphatic heterocycles. The smallest absolute Gasteiger partial charge is 0.443 e. The van der Waals surface area contributed by atoms with Crippen LogP contribution in [0.15, 0.2) is 35.7 Å². The van der Waals surface area contributed by atoms with Gasteiger partial charge in [-0.05, 0) is 12.0 Å². The summed E-state index contributed by atoms with van der Waals surface area (Å²) < 4.78 is 37.7. The van der Waals surface area contributed by atoms with Gasteiger partial charge in [0.2, 0.25) is 0 Å². The molecule has 1 amide bonds. The van der Waals surface area contributed by atoms with Crippen LogP contribution < -0.4 is 5.32 Å². The fraction of sp³-hybridized carbons (Fsp3) is 0.312. The van der Waals surface area contributed by atoms with Crippen molar-refractivity contribution >= 4 is 23.2 Å². The second-order valence-corrected chi connectivity index (χ2v) is 6.18. The summed E-state index contributed by atoms with van der Waals surface area (Å²) >= 11 is 0.313. The Hall–Kier alpha value is -2.42. The lowest BCUT2D eigenvalue weighted by molar-refractivity contribution is -0.143. The van der Waals surface area contributed by atoms with Gasteiger partial charge >= 0.3 is 12.1 Å². The summed E-state index contributed by atoms with van der Waals surface area (Å²) in [4.78, 5) is 27.2. The van der Waals surface area contributed by atoms with Crippen LogP contribution in [-0.4, -0.2) is 28.5 Å². The van der Waals surface area contributed by atoms with E-state index in [-0.39, 0.29) is 18.7 Å². The van der Waals surface area contributed by atoms with Gasteiger partial charge in [0.05, 0.1) is 0 Å². The number of carboxylic acid groups (broad SMARTS) is 1. The predicted octanol–water partition coefficient (Wildman–Crippen LogP) is 3.32. The third-order valence-electron chi connectivity index (χ3n) is 3.87. The van der Waals surface area contributed by atoms with Crippen LogP contribution in [0.1, 0.15) is 34.4 Å². The summed E-state index contributed by atoms with van der Waals surface area (Å²) in [6.07, 6.45) is -4.43. The van der Waals surface area contributed by atoms with Crippen LogP contribution in [0.4, 0.5) is 13.2 Å². The monoisotopic (exact) mass is 372 g/mol. The van der Waals surface area contributed by atoms with Crippen molar-refractivity contribution in [1.82, 2.24) is 10.3 Å². The molecule has 1 aromatic carbocycles. The highest BCUT2D eigenvalue weighted by Crippen LogP contribution is 2.32. The molecule has 5 nitrogen and oxygen atoms in total. The summed E-state index contributed by atoms with van der Waals surface area (Å²) in [6, 6.07) is 8.36. The second-order valence-electron chi connectivity index (χ2n) is 5.33. The van der Waals surface area contributed by atoms with E-state index in [0.29, 0.717) is 16.9 Å². The molecule has 1 atom stereocenters. The van der Waals surface area contributed by atoms with Gasteiger partial charge in [-0.25, -0.2) is 4.98 Å². The van der Waals surface area contributed by atoms with E-state index in [1.165, 1.54) is 0 Å². The number of aliphatic carboxylic acids is 1. The molecule has 2 rings (SSSR count). The molecule has 0 saturated heterocycles. The Kier molecular flexibility index (Phi) is 5.46. The van der Waals surface area contributed by atoms with E-state index in [1.807, 2.05) is 0 Å². The summed E-state index contributed by atoms with van der Waals surface area (Å²) in [6.45, 7) is 1.40. The van der Waals surface area contributed by atoms with Gasteiger partial charge in [-0.1, -0.05) is 37.3 Å². The van der Waals surface area contributed by atoms with Crippen LogP contribution in [0.3, 0.4) is 0 Å². The number of carbonyl (C=O) groups excluding carboxylic acids is 1. The van der Waals surface area contributed by atoms with Gasteiger partial charge in [0.25, 0.3) is 5.91 Å². The number of amides is 1. The van der Waals surface area contributed by atoms with E-state index in [4.69, 9.17) is 0 Å². The number of hydrogen-bond acceptors (Lipinski definition) is 4. The van der Waals surface area contributed by atoms with E-state index < -0.39 is 28.5 Å². The fourth-order valence-corrected chi connectivity index (χ4v) is 3.04. The zero-order valence-electron chi connectivity index (χ0n) is 13.1. The van der Waals surface area contributed by atoms with Crippen molar-refractivity contribution in [1.29, 1.82) is 0 Å². The summed E-state index contributed by atoms with van der Waals surface area (Å²) in [5, 5.41) is 11.9. The average Bonchev–Trinajstić information content (AvgIpc) is 3.07. The third-order valence-corrected chi connectivity index (χ3v) is 4.76. The number of carbonyl (C=O) groups is 2. The third kappa shape index (κ3) is 3.98. The molecular formula is C16H15F3N2O3S. The first kappa shape index (κ1) is 18.9. The maximum Gasteiger partial charge on any atom is 0.443 e. The minimum absolute atomic E-state index is 0.192. The molecule has 9 heteroatoms. The SMILES string of the molecule is CCC(CNC(=O)c1csc(C(F)(F)F)n1)(C(=O)O)c1ccccc1. The lowest BCUT2D eigenvalue weighted by Crippen LogP contribution is -2.46. The average molecular weight is 372 g/mol. The van der Waals surface area contributed by atoms with Crippen molar-refractivity contribution in [3.8, 4) is 0 Å². The lowest BCUT2D eigenvalue weighted by Gasteiger charge is -2.28. The first-order valence-corrected chi connectivity index (χ1v) is 8.18. The van der Waals surface area contributed by atoms with Gasteiger partial charge in [-0.15, -0.1) is 11.3 Å². The fourth-order valence-electron chi connectivity index (χ4n) is 2.37. The molecule has 2 N–H and O–H groups in total. The topological polar surface area (TPSA) is 79.3 Å². The number of aromatic nitrogens is 1. The number of nitrogens with one attached hydrogen (secondary N) is 1. The van der Waals surface area contributed by atoms with E-state index in [1.54, 1.807) is 37.3 Å². The van der Waals surface area contributed by atoms with Gasteiger partial charge in [0, 0.05) is 11.9 Å². The number of rotatable bonds is 6. The van der Waals surface area contributed by atoms with Crippen LogP contribution >= 0.6 is 11.3 Å². The van der Waals surface area contributed by atoms with Gasteiger partial charge in [-0.3, -0.25) is 9.59 Å². The van der Waals surface area contributed by atoms with Crippen LogP contribution in [0.5, 0.6) is 0 Å². The highest BCUT2D eigenvalue weighted by atomic mass is 32.1. The summed E-state index contributed by atoms with van der Waals surface area (Å²) in [5.41, 5.74) is -1.26. The standard InChI is InChI=1S/C16H15F3N2O3S/c1-2-15(14(23)24,10-6-4-3-5-7-10)9-20-12(22)11-8-25-13(21-11)16(17,18)19/h3-8H,2,9H2,1H3,(H,20,22)(H,23,24). The Morgan fingerprint density at radius 2 is 1.88 bits per heavy atom. The van der Waals surface area contributed by atoms with Crippen molar-refractivity contribution in [3.05, 3.63) is 52.0 Å². The van der Waals surface area contributed by atoms with Crippen LogP contribution in [-0.2, 0) is 16.4 Å². The van der Waals surface area contributed by atoms with Crippen molar-refractivity contribution in [2.24, 2.45) is 0 Å². The molecule has 0 bridgehead atoms. The number of alkyl halides is 3. The highest BCUT2D eigenvalue weighted by molar-refractivity contribution is 7.09. The Morgan fingerprint density at radius 1 is 1.24 bits per heavy atom. The number of hydrogen-bond donors (Lipinski definition) is 2. The number of thiazole rings is 1. The number of carboxylic acids is 1. The molecule has 0 saturated carbocycles. The molecular weight excluding hydrogens is 357 g/mol. The Bertz CT molecular complexity index is 761. The largest absolute Gasteiger partial charge is 0.481 e. The molecule has 134 valence electrons. The lowest BCUT2D eigenvalue weighted by atomic mass is 9.78. The minimum atomic E-state index is -4.62. The first-order valence-electron chi connectivity index (χ1n) is 7.30. The van der Waals surface area contributed by atoms with E-state index in [0.717, 1.165) is 5.38 Å². The number of nitrogens with zero attached hydrogens (tertiary/aromatic N) is 1. The number of halogens is 3. The van der Waals surface area contributed by atoms with Crippen molar-refractivity contribution < 1.29 is 27.9 Å². The molecule has 25 heavy (non-hydrogen) atoms. The molecule has 0 radical (unpaired) electrons. The van der Waals surface area contributed by atoms with Crippen molar-refractivity contribution in [2.45, 2.75) is 24.9 Å². The normalized spacial score (nSPS) is 13.9. The van der Waals surface area contributed by atoms with E-state index in [2.05, 4.69) is 10.3 Å². The Morgan fingerprint density at radius 3 is 2.36 bits per heavy atom. The maximum absolute atomic E-state index is 12.6. The molecule has 0 aliphatic rings. The van der Waals surface area contributed by atoms with Crippen molar-refractivity contribution in [2.75, 3.05) is 6.54 Å². The molecule has 1 aromatic heterocycles. The second kappa shape index (κ2) is 7.22. The van der Waals surface area contributed by atoms with Gasteiger partial charge in [0.15, 0.2) is 5.01 Å². The minimum Gasteiger partial charge on any atom is -0.481 e. The summed E-state index contributed by atoms with van der Waals surface area (Å²) in [5.74, 6) is -1.97. The van der Waals surface area contributed by atoms with Crippen LogP contribution in [0.25, 0.3) is 0 Å². The van der Waals surface area contributed by atoms with Gasteiger partial charge < -0.3 is 10.4 Å². The molecule has 0 spiro atoms. The van der Waals surface area contributed by atoms with Crippen molar-refractivity contribution in [3.63, 3.8) is 0 Å². The number of benzene rings is 1. The Balaban J connectivity index is 2.20. The Labute approximate surface area is 145 Å². The molecule has 1 unspecified atom stereocenters. The van der Waals surface area contributed by atoms with E-state index in [9.17, 15) is 27.9 Å². The first-order chi connectivity index (χ1) is 11.7. The maximum atomic E-state index is 12.6. The van der Waals surface area contributed by atoms with Gasteiger partial charge in [-0.2, -0.15) is 13.2 Å². The highest BCUT2D eigenvalue weighted by Gasteiger charge is 2.39. The zero-order chi connectivity index (χ0) is 18.7. The van der Waals surface area contributed by atoms with Crippen LogP contribution in [0.2, 0.25) is 0 Å².